The van der Waals surface area contributed by atoms with Crippen LogP contribution in [0.4, 0.5) is 5.69 Å². The average molecular weight is 260 g/mol. The van der Waals surface area contributed by atoms with E-state index in [0.29, 0.717) is 16.4 Å². The van der Waals surface area contributed by atoms with Gasteiger partial charge in [-0.1, -0.05) is 11.6 Å². The predicted octanol–water partition coefficient (Wildman–Crippen LogP) is 1.70. The molecule has 1 aromatic heterocycles. The molecule has 7 heteroatoms. The summed E-state index contributed by atoms with van der Waals surface area (Å²) in [6, 6.07) is 3.21. The molecule has 0 saturated heterocycles. The van der Waals surface area contributed by atoms with Gasteiger partial charge in [-0.2, -0.15) is 5.26 Å². The summed E-state index contributed by atoms with van der Waals surface area (Å²) in [6.45, 7) is 3.01. The number of nitriles is 1. The third-order valence-electron chi connectivity index (χ3n) is 1.92. The second kappa shape index (κ2) is 4.68. The number of aryl methyl sites for hydroxylation is 1. The van der Waals surface area contributed by atoms with Crippen LogP contribution in [0, 0.1) is 18.3 Å². The molecular weight excluding hydrogens is 250 g/mol. The number of rotatable bonds is 3. The molecule has 1 unspecified atom stereocenters. The van der Waals surface area contributed by atoms with Gasteiger partial charge >= 0.3 is 0 Å². The number of nitrogens with zero attached hydrogens (tertiary/aromatic N) is 2. The van der Waals surface area contributed by atoms with Gasteiger partial charge in [0.25, 0.3) is 0 Å². The van der Waals surface area contributed by atoms with E-state index in [-0.39, 0.29) is 0 Å². The summed E-state index contributed by atoms with van der Waals surface area (Å²) in [5.41, 5.74) is 0.954. The van der Waals surface area contributed by atoms with Gasteiger partial charge in [-0.15, -0.1) is 0 Å². The highest BCUT2D eigenvalue weighted by Gasteiger charge is 2.20. The number of halogens is 1. The number of hydrogen-bond donors (Lipinski definition) is 1. The number of nitrogens with one attached hydrogen (secondary N) is 1. The molecule has 0 aromatic carbocycles. The predicted molar refractivity (Wildman–Crippen MR) is 61.6 cm³/mol. The molecule has 0 saturated carbocycles. The van der Waals surface area contributed by atoms with Gasteiger partial charge in [0, 0.05) is 0 Å². The highest BCUT2D eigenvalue weighted by Crippen LogP contribution is 2.17. The second-order valence-corrected chi connectivity index (χ2v) is 5.61. The highest BCUT2D eigenvalue weighted by molar-refractivity contribution is 7.93. The maximum Gasteiger partial charge on any atom is 0.248 e. The third kappa shape index (κ3) is 2.84. The maximum atomic E-state index is 11.5. The van der Waals surface area contributed by atoms with Gasteiger partial charge in [0.2, 0.25) is 10.0 Å². The summed E-state index contributed by atoms with van der Waals surface area (Å²) in [5.74, 6) is 0. The Bertz CT molecular complexity index is 536. The minimum atomic E-state index is -3.69. The standard InChI is InChI=1S/C9H10ClN3O2S/c1-6-3-8(5-12-9(6)10)13-16(14,15)7(2)4-11/h3,5,7,13H,1-2H3. The zero-order valence-corrected chi connectivity index (χ0v) is 10.3. The molecule has 0 aliphatic carbocycles. The number of anilines is 1. The Morgan fingerprint density at radius 2 is 2.25 bits per heavy atom. The summed E-state index contributed by atoms with van der Waals surface area (Å²) >= 11 is 5.70. The topological polar surface area (TPSA) is 82.9 Å². The van der Waals surface area contributed by atoms with Crippen LogP contribution >= 0.6 is 11.6 Å². The molecule has 1 aromatic rings. The van der Waals surface area contributed by atoms with Crippen molar-refractivity contribution in [2.45, 2.75) is 19.1 Å². The molecule has 1 N–H and O–H groups in total. The largest absolute Gasteiger partial charge is 0.281 e. The van der Waals surface area contributed by atoms with Crippen LogP contribution in [-0.2, 0) is 10.0 Å². The van der Waals surface area contributed by atoms with E-state index >= 15 is 0 Å². The number of sulfonamides is 1. The van der Waals surface area contributed by atoms with Crippen LogP contribution in [0.2, 0.25) is 5.15 Å². The Morgan fingerprint density at radius 1 is 1.62 bits per heavy atom. The molecule has 16 heavy (non-hydrogen) atoms. The van der Waals surface area contributed by atoms with Gasteiger partial charge in [0.1, 0.15) is 5.15 Å². The normalized spacial score (nSPS) is 12.9. The second-order valence-electron chi connectivity index (χ2n) is 3.25. The van der Waals surface area contributed by atoms with Gasteiger partial charge in [-0.25, -0.2) is 13.4 Å². The van der Waals surface area contributed by atoms with E-state index in [4.69, 9.17) is 16.9 Å². The fourth-order valence-electron chi connectivity index (χ4n) is 0.936. The Balaban J connectivity index is 2.98. The fourth-order valence-corrected chi connectivity index (χ4v) is 1.80. The molecule has 0 bridgehead atoms. The maximum absolute atomic E-state index is 11.5. The molecule has 86 valence electrons. The van der Waals surface area contributed by atoms with Crippen molar-refractivity contribution in [3.8, 4) is 6.07 Å². The highest BCUT2D eigenvalue weighted by atomic mass is 35.5. The average Bonchev–Trinajstić information content (AvgIpc) is 2.22. The molecule has 0 spiro atoms. The first kappa shape index (κ1) is 12.7. The Kier molecular flexibility index (Phi) is 3.73. The zero-order valence-electron chi connectivity index (χ0n) is 8.73. The molecule has 1 atom stereocenters. The van der Waals surface area contributed by atoms with Crippen LogP contribution in [0.3, 0.4) is 0 Å². The van der Waals surface area contributed by atoms with Crippen LogP contribution in [-0.4, -0.2) is 18.7 Å². The van der Waals surface area contributed by atoms with E-state index in [0.717, 1.165) is 0 Å². The van der Waals surface area contributed by atoms with Crippen molar-refractivity contribution < 1.29 is 8.42 Å². The van der Waals surface area contributed by atoms with Crippen LogP contribution < -0.4 is 4.72 Å². The van der Waals surface area contributed by atoms with Crippen LogP contribution in [0.1, 0.15) is 12.5 Å². The lowest BCUT2D eigenvalue weighted by atomic mass is 10.3. The molecule has 0 amide bonds. The van der Waals surface area contributed by atoms with Crippen molar-refractivity contribution in [1.82, 2.24) is 4.98 Å². The monoisotopic (exact) mass is 259 g/mol. The molecule has 0 fully saturated rings. The SMILES string of the molecule is Cc1cc(NS(=O)(=O)C(C)C#N)cnc1Cl. The molecule has 1 rings (SSSR count). The van der Waals surface area contributed by atoms with E-state index < -0.39 is 15.3 Å². The minimum Gasteiger partial charge on any atom is -0.281 e. The summed E-state index contributed by atoms with van der Waals surface area (Å²) in [6.07, 6.45) is 1.30. The number of aromatic nitrogens is 1. The Labute approximate surface area is 99.1 Å². The lowest BCUT2D eigenvalue weighted by Gasteiger charge is -2.09. The quantitative estimate of drug-likeness (QED) is 0.838. The van der Waals surface area contributed by atoms with Gasteiger partial charge in [0.15, 0.2) is 5.25 Å². The van der Waals surface area contributed by atoms with Gasteiger partial charge in [0.05, 0.1) is 18.0 Å². The molecule has 0 radical (unpaired) electrons. The Morgan fingerprint density at radius 3 is 2.75 bits per heavy atom. The number of pyridine rings is 1. The van der Waals surface area contributed by atoms with Gasteiger partial charge < -0.3 is 0 Å². The number of hydrogen-bond acceptors (Lipinski definition) is 4. The lowest BCUT2D eigenvalue weighted by Crippen LogP contribution is -2.23. The molecule has 1 heterocycles. The first-order chi connectivity index (χ1) is 7.36. The zero-order chi connectivity index (χ0) is 12.3. The molecule has 0 aliphatic rings. The van der Waals surface area contributed by atoms with Crippen molar-refractivity contribution in [3.63, 3.8) is 0 Å². The van der Waals surface area contributed by atoms with Crippen LogP contribution in [0.5, 0.6) is 0 Å². The molecule has 0 aliphatic heterocycles. The summed E-state index contributed by atoms with van der Waals surface area (Å²) < 4.78 is 25.3. The third-order valence-corrected chi connectivity index (χ3v) is 3.87. The van der Waals surface area contributed by atoms with E-state index in [9.17, 15) is 8.42 Å². The van der Waals surface area contributed by atoms with E-state index in [1.165, 1.54) is 13.1 Å². The molecule has 5 nitrogen and oxygen atoms in total. The fraction of sp³-hybridized carbons (Fsp3) is 0.333. The van der Waals surface area contributed by atoms with Crippen molar-refractivity contribution in [2.75, 3.05) is 4.72 Å². The van der Waals surface area contributed by atoms with Crippen molar-refractivity contribution in [1.29, 1.82) is 5.26 Å². The summed E-state index contributed by atoms with van der Waals surface area (Å²) in [7, 11) is -3.69. The van der Waals surface area contributed by atoms with E-state index in [1.807, 2.05) is 0 Å². The first-order valence-corrected chi connectivity index (χ1v) is 6.32. The first-order valence-electron chi connectivity index (χ1n) is 4.40. The van der Waals surface area contributed by atoms with E-state index in [2.05, 4.69) is 9.71 Å². The van der Waals surface area contributed by atoms with Gasteiger partial charge in [-0.05, 0) is 25.5 Å². The van der Waals surface area contributed by atoms with Crippen molar-refractivity contribution in [3.05, 3.63) is 23.0 Å². The minimum absolute atomic E-state index is 0.295. The molecular formula is C9H10ClN3O2S. The van der Waals surface area contributed by atoms with E-state index in [1.54, 1.807) is 19.1 Å². The Hall–Kier alpha value is -1.32. The van der Waals surface area contributed by atoms with Crippen molar-refractivity contribution >= 4 is 27.3 Å². The van der Waals surface area contributed by atoms with Crippen molar-refractivity contribution in [2.24, 2.45) is 0 Å². The smallest absolute Gasteiger partial charge is 0.248 e. The van der Waals surface area contributed by atoms with Crippen LogP contribution in [0.15, 0.2) is 12.3 Å². The van der Waals surface area contributed by atoms with Crippen LogP contribution in [0.25, 0.3) is 0 Å². The summed E-state index contributed by atoms with van der Waals surface area (Å²) in [5, 5.41) is 7.74. The van der Waals surface area contributed by atoms with Gasteiger partial charge in [-0.3, -0.25) is 4.72 Å². The summed E-state index contributed by atoms with van der Waals surface area (Å²) in [4.78, 5) is 3.80. The lowest BCUT2D eigenvalue weighted by molar-refractivity contribution is 0.597.